The van der Waals surface area contributed by atoms with E-state index in [2.05, 4.69) is 26.1 Å². The van der Waals surface area contributed by atoms with Crippen molar-refractivity contribution >= 4 is 56.5 Å². The molecule has 0 fully saturated rings. The average Bonchev–Trinajstić information content (AvgIpc) is 3.28. The summed E-state index contributed by atoms with van der Waals surface area (Å²) in [6.45, 7) is 10.7. The number of thiophene rings is 1. The first-order valence-corrected chi connectivity index (χ1v) is 15.6. The quantitative estimate of drug-likeness (QED) is 0.183. The Bertz CT molecular complexity index is 1670. The topological polar surface area (TPSA) is 73.2 Å². The summed E-state index contributed by atoms with van der Waals surface area (Å²) < 4.78 is 7.14. The standard InChI is InChI=1S/C31H34ClN3O3S2/c1-17-7-10-20(14-23(17)32)33-26(36)16-39-30-34-28-27(22-12-9-19(31(3,4)5)13-25(22)40-28)29(37)35(30)24-15-21(38-6)11-8-18(24)2/h7-8,10-11,14-15,19H,9,12-13,16H2,1-6H3,(H,33,36)/t19-/m1/s1. The summed E-state index contributed by atoms with van der Waals surface area (Å²) in [6.07, 6.45) is 2.89. The summed E-state index contributed by atoms with van der Waals surface area (Å²) in [5.74, 6) is 1.09. The number of hydrogen-bond donors (Lipinski definition) is 1. The van der Waals surface area contributed by atoms with Crippen LogP contribution in [0.1, 0.15) is 48.8 Å². The van der Waals surface area contributed by atoms with Crippen molar-refractivity contribution in [2.75, 3.05) is 18.2 Å². The van der Waals surface area contributed by atoms with Gasteiger partial charge in [0.05, 0.1) is 23.9 Å². The van der Waals surface area contributed by atoms with Gasteiger partial charge in [0.1, 0.15) is 10.6 Å². The van der Waals surface area contributed by atoms with E-state index in [0.29, 0.717) is 38.6 Å². The lowest BCUT2D eigenvalue weighted by molar-refractivity contribution is -0.113. The predicted molar refractivity (Wildman–Crippen MR) is 167 cm³/mol. The number of nitrogens with zero attached hydrogens (tertiary/aromatic N) is 2. The van der Waals surface area contributed by atoms with Crippen molar-refractivity contribution in [3.63, 3.8) is 0 Å². The van der Waals surface area contributed by atoms with Gasteiger partial charge >= 0.3 is 0 Å². The van der Waals surface area contributed by atoms with Crippen molar-refractivity contribution in [1.82, 2.24) is 9.55 Å². The van der Waals surface area contributed by atoms with Crippen molar-refractivity contribution in [1.29, 1.82) is 0 Å². The summed E-state index contributed by atoms with van der Waals surface area (Å²) in [5.41, 5.74) is 4.44. The van der Waals surface area contributed by atoms with Crippen LogP contribution >= 0.6 is 34.7 Å². The van der Waals surface area contributed by atoms with Crippen LogP contribution in [0, 0.1) is 25.2 Å². The fourth-order valence-corrected chi connectivity index (χ4v) is 7.54. The van der Waals surface area contributed by atoms with Crippen molar-refractivity contribution in [2.45, 2.75) is 59.0 Å². The number of methoxy groups -OCH3 is 1. The lowest BCUT2D eigenvalue weighted by Gasteiger charge is -2.33. The number of ether oxygens (including phenoxy) is 1. The number of carbonyl (C=O) groups is 1. The van der Waals surface area contributed by atoms with Gasteiger partial charge in [-0.25, -0.2) is 4.98 Å². The number of fused-ring (bicyclic) bond motifs is 3. The van der Waals surface area contributed by atoms with Gasteiger partial charge in [-0.05, 0) is 79.3 Å². The third-order valence-electron chi connectivity index (χ3n) is 7.72. The molecule has 2 heterocycles. The molecule has 0 saturated heterocycles. The normalized spacial score (nSPS) is 15.2. The molecule has 210 valence electrons. The first-order chi connectivity index (χ1) is 19.0. The second-order valence-electron chi connectivity index (χ2n) is 11.5. The SMILES string of the molecule is COc1ccc(C)c(-n2c(SCC(=O)Nc3ccc(C)c(Cl)c3)nc3sc4c(c3c2=O)CC[C@@H](C(C)(C)C)C4)c1. The third-order valence-corrected chi connectivity index (χ3v) is 10.2. The van der Waals surface area contributed by atoms with Crippen molar-refractivity contribution < 1.29 is 9.53 Å². The molecule has 1 N–H and O–H groups in total. The number of amides is 1. The van der Waals surface area contributed by atoms with Gasteiger partial charge in [0, 0.05) is 21.7 Å². The summed E-state index contributed by atoms with van der Waals surface area (Å²) >= 11 is 9.11. The van der Waals surface area contributed by atoms with Gasteiger partial charge in [0.25, 0.3) is 5.56 Å². The van der Waals surface area contributed by atoms with Crippen LogP contribution in [0.15, 0.2) is 46.3 Å². The maximum absolute atomic E-state index is 14.3. The molecule has 2 aromatic heterocycles. The van der Waals surface area contributed by atoms with Crippen molar-refractivity contribution in [3.8, 4) is 11.4 Å². The van der Waals surface area contributed by atoms with Crippen molar-refractivity contribution in [2.24, 2.45) is 11.3 Å². The van der Waals surface area contributed by atoms with E-state index < -0.39 is 0 Å². The highest BCUT2D eigenvalue weighted by molar-refractivity contribution is 7.99. The molecule has 40 heavy (non-hydrogen) atoms. The Kier molecular flexibility index (Phi) is 8.06. The molecule has 9 heteroatoms. The number of anilines is 1. The number of benzene rings is 2. The minimum absolute atomic E-state index is 0.0870. The number of carbonyl (C=O) groups excluding carboxylic acids is 1. The van der Waals surface area contributed by atoms with Crippen LogP contribution in [0.5, 0.6) is 5.75 Å². The molecule has 0 bridgehead atoms. The maximum atomic E-state index is 14.3. The predicted octanol–water partition coefficient (Wildman–Crippen LogP) is 7.61. The van der Waals surface area contributed by atoms with Gasteiger partial charge in [-0.1, -0.05) is 56.3 Å². The summed E-state index contributed by atoms with van der Waals surface area (Å²) in [4.78, 5) is 34.2. The zero-order valence-electron chi connectivity index (χ0n) is 23.7. The molecule has 2 aromatic carbocycles. The largest absolute Gasteiger partial charge is 0.497 e. The summed E-state index contributed by atoms with van der Waals surface area (Å²) in [7, 11) is 1.61. The molecule has 0 spiro atoms. The average molecular weight is 596 g/mol. The van der Waals surface area contributed by atoms with Crippen LogP contribution in [0.3, 0.4) is 0 Å². The number of aryl methyl sites for hydroxylation is 3. The highest BCUT2D eigenvalue weighted by Crippen LogP contribution is 2.42. The Morgan fingerprint density at radius 1 is 1.20 bits per heavy atom. The number of hydrogen-bond acceptors (Lipinski definition) is 6. The van der Waals surface area contributed by atoms with E-state index in [1.807, 2.05) is 44.2 Å². The molecule has 0 radical (unpaired) electrons. The van der Waals surface area contributed by atoms with E-state index in [0.717, 1.165) is 40.8 Å². The highest BCUT2D eigenvalue weighted by Gasteiger charge is 2.32. The minimum atomic E-state index is -0.202. The minimum Gasteiger partial charge on any atom is -0.497 e. The Morgan fingerprint density at radius 3 is 2.65 bits per heavy atom. The number of halogens is 1. The third kappa shape index (κ3) is 5.67. The van der Waals surface area contributed by atoms with Gasteiger partial charge in [-0.15, -0.1) is 11.3 Å². The molecule has 5 rings (SSSR count). The first-order valence-electron chi connectivity index (χ1n) is 13.4. The molecule has 1 amide bonds. The van der Waals surface area contributed by atoms with Crippen LogP contribution in [0.2, 0.25) is 5.02 Å². The monoisotopic (exact) mass is 595 g/mol. The fourth-order valence-electron chi connectivity index (χ4n) is 5.21. The van der Waals surface area contributed by atoms with Gasteiger partial charge < -0.3 is 10.1 Å². The van der Waals surface area contributed by atoms with Crippen LogP contribution in [-0.4, -0.2) is 28.3 Å². The molecule has 1 aliphatic rings. The molecule has 0 aliphatic heterocycles. The molecular weight excluding hydrogens is 562 g/mol. The summed E-state index contributed by atoms with van der Waals surface area (Å²) in [6, 6.07) is 11.1. The van der Waals surface area contributed by atoms with Gasteiger partial charge in [0.15, 0.2) is 5.16 Å². The highest BCUT2D eigenvalue weighted by atomic mass is 35.5. The smallest absolute Gasteiger partial charge is 0.267 e. The first kappa shape index (κ1) is 28.7. The number of aromatic nitrogens is 2. The summed E-state index contributed by atoms with van der Waals surface area (Å²) in [5, 5.41) is 4.69. The maximum Gasteiger partial charge on any atom is 0.267 e. The zero-order chi connectivity index (χ0) is 28.8. The Balaban J connectivity index is 1.56. The Hall–Kier alpha value is -2.81. The van der Waals surface area contributed by atoms with Crippen LogP contribution < -0.4 is 15.6 Å². The van der Waals surface area contributed by atoms with E-state index in [1.165, 1.54) is 16.6 Å². The fraction of sp³-hybridized carbons (Fsp3) is 0.387. The van der Waals surface area contributed by atoms with E-state index in [9.17, 15) is 9.59 Å². The Labute approximate surface area is 248 Å². The van der Waals surface area contributed by atoms with Crippen LogP contribution in [0.4, 0.5) is 5.69 Å². The lowest BCUT2D eigenvalue weighted by atomic mass is 9.72. The molecular formula is C31H34ClN3O3S2. The van der Waals surface area contributed by atoms with E-state index in [1.54, 1.807) is 29.1 Å². The van der Waals surface area contributed by atoms with Crippen LogP contribution in [-0.2, 0) is 17.6 Å². The molecule has 6 nitrogen and oxygen atoms in total. The second-order valence-corrected chi connectivity index (χ2v) is 13.9. The van der Waals surface area contributed by atoms with Crippen molar-refractivity contribution in [3.05, 3.63) is 73.3 Å². The van der Waals surface area contributed by atoms with E-state index >= 15 is 0 Å². The van der Waals surface area contributed by atoms with Crippen LogP contribution in [0.25, 0.3) is 15.9 Å². The number of rotatable bonds is 6. The molecule has 4 aromatic rings. The van der Waals surface area contributed by atoms with E-state index in [4.69, 9.17) is 21.3 Å². The number of thioether (sulfide) groups is 1. The molecule has 1 aliphatic carbocycles. The molecule has 0 saturated carbocycles. The Morgan fingerprint density at radius 2 is 1.95 bits per heavy atom. The van der Waals surface area contributed by atoms with Gasteiger partial charge in [-0.3, -0.25) is 14.2 Å². The molecule has 1 atom stereocenters. The van der Waals surface area contributed by atoms with Gasteiger partial charge in [0.2, 0.25) is 5.91 Å². The van der Waals surface area contributed by atoms with E-state index in [-0.39, 0.29) is 22.6 Å². The molecule has 0 unspecified atom stereocenters. The van der Waals surface area contributed by atoms with Gasteiger partial charge in [-0.2, -0.15) is 0 Å². The zero-order valence-corrected chi connectivity index (χ0v) is 26.1. The number of nitrogens with one attached hydrogen (secondary N) is 1. The lowest BCUT2D eigenvalue weighted by Crippen LogP contribution is -2.27. The second kappa shape index (κ2) is 11.2.